The fourth-order valence-electron chi connectivity index (χ4n) is 2.98. The molecule has 4 rings (SSSR count). The van der Waals surface area contributed by atoms with Gasteiger partial charge < -0.3 is 9.88 Å². The summed E-state index contributed by atoms with van der Waals surface area (Å²) in [5, 5.41) is 6.14. The summed E-state index contributed by atoms with van der Waals surface area (Å²) in [6, 6.07) is 7.32. The van der Waals surface area contributed by atoms with Crippen molar-refractivity contribution >= 4 is 16.5 Å². The molecule has 0 unspecified atom stereocenters. The average Bonchev–Trinajstić information content (AvgIpc) is 3.18. The normalized spacial score (nSPS) is 20.2. The zero-order valence-electron chi connectivity index (χ0n) is 12.5. The Morgan fingerprint density at radius 3 is 2.96 bits per heavy atom. The molecule has 1 N–H and O–H groups in total. The molecule has 1 aliphatic rings. The lowest BCUT2D eigenvalue weighted by Gasteiger charge is -2.36. The smallest absolute Gasteiger partial charge is 0.183 e. The van der Waals surface area contributed by atoms with E-state index in [9.17, 15) is 4.39 Å². The molecule has 1 aliphatic carbocycles. The summed E-state index contributed by atoms with van der Waals surface area (Å²) in [6.07, 6.45) is 8.06. The van der Waals surface area contributed by atoms with Crippen LogP contribution < -0.4 is 5.32 Å². The molecule has 0 radical (unpaired) electrons. The molecule has 3 aromatic rings. The van der Waals surface area contributed by atoms with Crippen LogP contribution in [0.1, 0.15) is 18.9 Å². The predicted octanol–water partition coefficient (Wildman–Crippen LogP) is 4.21. The molecule has 118 valence electrons. The Morgan fingerprint density at radius 1 is 1.30 bits per heavy atom. The van der Waals surface area contributed by atoms with Crippen molar-refractivity contribution in [2.45, 2.75) is 18.9 Å². The second-order valence-electron chi connectivity index (χ2n) is 5.90. The summed E-state index contributed by atoms with van der Waals surface area (Å²) < 4.78 is 16.0. The van der Waals surface area contributed by atoms with Crippen LogP contribution in [-0.2, 0) is 0 Å². The SMILES string of the molecule is Fc1ccccc1-c1csc(NCC2CC(n3ccnc3)C2)n1. The minimum Gasteiger partial charge on any atom is -0.361 e. The van der Waals surface area contributed by atoms with Gasteiger partial charge in [0, 0.05) is 35.9 Å². The average molecular weight is 328 g/mol. The maximum atomic E-state index is 13.8. The summed E-state index contributed by atoms with van der Waals surface area (Å²) in [5.41, 5.74) is 1.25. The number of anilines is 1. The minimum absolute atomic E-state index is 0.230. The van der Waals surface area contributed by atoms with E-state index in [1.807, 2.05) is 30.2 Å². The number of benzene rings is 1. The third-order valence-electron chi connectivity index (χ3n) is 4.35. The number of hydrogen-bond acceptors (Lipinski definition) is 4. The number of thiazole rings is 1. The monoisotopic (exact) mass is 328 g/mol. The predicted molar refractivity (Wildman–Crippen MR) is 90.0 cm³/mol. The van der Waals surface area contributed by atoms with Crippen molar-refractivity contribution < 1.29 is 4.39 Å². The molecule has 0 spiro atoms. The van der Waals surface area contributed by atoms with E-state index in [1.54, 1.807) is 12.1 Å². The van der Waals surface area contributed by atoms with Crippen molar-refractivity contribution in [1.29, 1.82) is 0 Å². The molecule has 0 aliphatic heterocycles. The molecule has 1 aromatic carbocycles. The van der Waals surface area contributed by atoms with E-state index >= 15 is 0 Å². The lowest BCUT2D eigenvalue weighted by molar-refractivity contribution is 0.209. The number of nitrogens with zero attached hydrogens (tertiary/aromatic N) is 3. The molecule has 6 heteroatoms. The van der Waals surface area contributed by atoms with Crippen LogP contribution in [-0.4, -0.2) is 21.1 Å². The zero-order valence-corrected chi connectivity index (χ0v) is 13.3. The quantitative estimate of drug-likeness (QED) is 0.763. The summed E-state index contributed by atoms with van der Waals surface area (Å²) in [4.78, 5) is 8.58. The van der Waals surface area contributed by atoms with E-state index in [0.717, 1.165) is 24.5 Å². The van der Waals surface area contributed by atoms with Crippen LogP contribution in [0.4, 0.5) is 9.52 Å². The van der Waals surface area contributed by atoms with Crippen LogP contribution in [0.15, 0.2) is 48.4 Å². The maximum absolute atomic E-state index is 13.8. The van der Waals surface area contributed by atoms with Crippen LogP contribution >= 0.6 is 11.3 Å². The van der Waals surface area contributed by atoms with Crippen molar-refractivity contribution in [3.05, 3.63) is 54.2 Å². The molecule has 23 heavy (non-hydrogen) atoms. The topological polar surface area (TPSA) is 42.7 Å². The fourth-order valence-corrected chi connectivity index (χ4v) is 3.70. The van der Waals surface area contributed by atoms with Gasteiger partial charge >= 0.3 is 0 Å². The Hall–Kier alpha value is -2.21. The molecule has 1 fully saturated rings. The standard InChI is InChI=1S/C17H17FN4S/c18-15-4-2-1-3-14(15)16-10-23-17(21-16)20-9-12-7-13(8-12)22-6-5-19-11-22/h1-6,10-13H,7-9H2,(H,20,21). The lowest BCUT2D eigenvalue weighted by atomic mass is 9.80. The highest BCUT2D eigenvalue weighted by atomic mass is 32.1. The molecule has 4 nitrogen and oxygen atoms in total. The van der Waals surface area contributed by atoms with Gasteiger partial charge in [0.1, 0.15) is 5.82 Å². The van der Waals surface area contributed by atoms with Gasteiger partial charge in [-0.25, -0.2) is 14.4 Å². The van der Waals surface area contributed by atoms with Crippen LogP contribution in [0.5, 0.6) is 0 Å². The second-order valence-corrected chi connectivity index (χ2v) is 6.76. The largest absolute Gasteiger partial charge is 0.361 e. The molecule has 2 aromatic heterocycles. The van der Waals surface area contributed by atoms with Crippen LogP contribution in [0.25, 0.3) is 11.3 Å². The minimum atomic E-state index is -0.230. The van der Waals surface area contributed by atoms with Crippen molar-refractivity contribution in [3.63, 3.8) is 0 Å². The third kappa shape index (κ3) is 2.99. The van der Waals surface area contributed by atoms with Gasteiger partial charge in [-0.15, -0.1) is 11.3 Å². The van der Waals surface area contributed by atoms with Gasteiger partial charge in [-0.05, 0) is 30.9 Å². The first-order chi connectivity index (χ1) is 11.3. The second kappa shape index (κ2) is 6.12. The van der Waals surface area contributed by atoms with Gasteiger partial charge in [0.15, 0.2) is 5.13 Å². The third-order valence-corrected chi connectivity index (χ3v) is 5.15. The highest BCUT2D eigenvalue weighted by Gasteiger charge is 2.29. The van der Waals surface area contributed by atoms with Crippen molar-refractivity contribution in [2.75, 3.05) is 11.9 Å². The number of nitrogens with one attached hydrogen (secondary N) is 1. The van der Waals surface area contributed by atoms with E-state index in [1.165, 1.54) is 17.4 Å². The molecule has 2 heterocycles. The van der Waals surface area contributed by atoms with E-state index in [-0.39, 0.29) is 5.82 Å². The van der Waals surface area contributed by atoms with Crippen molar-refractivity contribution in [3.8, 4) is 11.3 Å². The van der Waals surface area contributed by atoms with Gasteiger partial charge in [-0.2, -0.15) is 0 Å². The fraction of sp³-hybridized carbons (Fsp3) is 0.294. The highest BCUT2D eigenvalue weighted by molar-refractivity contribution is 7.14. The maximum Gasteiger partial charge on any atom is 0.183 e. The first kappa shape index (κ1) is 14.4. The number of aromatic nitrogens is 3. The first-order valence-corrected chi connectivity index (χ1v) is 8.59. The Labute approximate surface area is 138 Å². The molecule has 0 bridgehead atoms. The van der Waals surface area contributed by atoms with E-state index in [2.05, 4.69) is 19.9 Å². The van der Waals surface area contributed by atoms with Gasteiger partial charge in [0.2, 0.25) is 0 Å². The van der Waals surface area contributed by atoms with E-state index in [4.69, 9.17) is 0 Å². The summed E-state index contributed by atoms with van der Waals surface area (Å²) >= 11 is 1.52. The summed E-state index contributed by atoms with van der Waals surface area (Å²) in [7, 11) is 0. The molecular weight excluding hydrogens is 311 g/mol. The molecule has 0 saturated heterocycles. The Balaban J connectivity index is 1.32. The van der Waals surface area contributed by atoms with Gasteiger partial charge in [0.25, 0.3) is 0 Å². The van der Waals surface area contributed by atoms with E-state index in [0.29, 0.717) is 23.2 Å². The first-order valence-electron chi connectivity index (χ1n) is 7.71. The molecular formula is C17H17FN4S. The molecule has 1 saturated carbocycles. The number of rotatable bonds is 5. The van der Waals surface area contributed by atoms with Crippen LogP contribution in [0, 0.1) is 11.7 Å². The summed E-state index contributed by atoms with van der Waals surface area (Å²) in [6.45, 7) is 0.912. The van der Waals surface area contributed by atoms with Crippen molar-refractivity contribution in [1.82, 2.24) is 14.5 Å². The molecule has 0 amide bonds. The number of hydrogen-bond donors (Lipinski definition) is 1. The van der Waals surface area contributed by atoms with E-state index < -0.39 is 0 Å². The summed E-state index contributed by atoms with van der Waals surface area (Å²) in [5.74, 6) is 0.426. The van der Waals surface area contributed by atoms with Gasteiger partial charge in [-0.1, -0.05) is 12.1 Å². The van der Waals surface area contributed by atoms with Crippen LogP contribution in [0.3, 0.4) is 0 Å². The van der Waals surface area contributed by atoms with Crippen LogP contribution in [0.2, 0.25) is 0 Å². The lowest BCUT2D eigenvalue weighted by Crippen LogP contribution is -2.31. The Kier molecular flexibility index (Phi) is 3.83. The Bertz CT molecular complexity index is 778. The zero-order chi connectivity index (χ0) is 15.6. The Morgan fingerprint density at radius 2 is 2.17 bits per heavy atom. The van der Waals surface area contributed by atoms with Gasteiger partial charge in [0.05, 0.1) is 12.0 Å². The molecule has 0 atom stereocenters. The van der Waals surface area contributed by atoms with Gasteiger partial charge in [-0.3, -0.25) is 0 Å². The van der Waals surface area contributed by atoms with Crippen molar-refractivity contribution in [2.24, 2.45) is 5.92 Å². The highest BCUT2D eigenvalue weighted by Crippen LogP contribution is 2.37. The number of halogens is 1. The number of imidazole rings is 1.